The van der Waals surface area contributed by atoms with Gasteiger partial charge < -0.3 is 11.1 Å². The lowest BCUT2D eigenvalue weighted by Crippen LogP contribution is -2.26. The fraction of sp³-hybridized carbons (Fsp3) is 0.250. The molecule has 2 aromatic rings. The van der Waals surface area contributed by atoms with Crippen LogP contribution in [-0.2, 0) is 4.79 Å². The monoisotopic (exact) mass is 341 g/mol. The average Bonchev–Trinajstić information content (AvgIpc) is 2.49. The number of hydrogen-bond acceptors (Lipinski definition) is 3. The highest BCUT2D eigenvalue weighted by Crippen LogP contribution is 2.25. The molecule has 3 N–H and O–H groups in total. The molecule has 0 aliphatic rings. The Morgan fingerprint density at radius 3 is 2.41 bits per heavy atom. The summed E-state index contributed by atoms with van der Waals surface area (Å²) in [6, 6.07) is 9.90. The predicted molar refractivity (Wildman–Crippen MR) is 95.8 cm³/mol. The molecule has 0 aliphatic carbocycles. The summed E-state index contributed by atoms with van der Waals surface area (Å²) >= 11 is 0. The number of anilines is 1. The highest BCUT2D eigenvalue weighted by molar-refractivity contribution is 5.94. The molecule has 1 heterocycles. The van der Waals surface area contributed by atoms with Gasteiger partial charge in [-0.15, -0.1) is 24.8 Å². The highest BCUT2D eigenvalue weighted by Gasteiger charge is 2.12. The van der Waals surface area contributed by atoms with E-state index in [1.807, 2.05) is 44.2 Å². The van der Waals surface area contributed by atoms with Crippen LogP contribution in [0.3, 0.4) is 0 Å². The van der Waals surface area contributed by atoms with Gasteiger partial charge in [0.25, 0.3) is 0 Å². The maximum atomic E-state index is 11.9. The zero-order chi connectivity index (χ0) is 14.5. The second-order valence-electron chi connectivity index (χ2n) is 4.89. The van der Waals surface area contributed by atoms with E-state index in [1.165, 1.54) is 0 Å². The molecule has 0 radical (unpaired) electrons. The van der Waals surface area contributed by atoms with E-state index in [2.05, 4.69) is 10.3 Å². The van der Waals surface area contributed by atoms with Crippen LogP contribution in [0.2, 0.25) is 0 Å². The summed E-state index contributed by atoms with van der Waals surface area (Å²) < 4.78 is 0. The van der Waals surface area contributed by atoms with Gasteiger partial charge in [0.05, 0.1) is 0 Å². The average molecular weight is 342 g/mol. The normalized spacial score (nSPS) is 10.9. The first-order valence-corrected chi connectivity index (χ1v) is 6.64. The molecule has 120 valence electrons. The summed E-state index contributed by atoms with van der Waals surface area (Å²) in [5, 5.41) is 2.94. The van der Waals surface area contributed by atoms with Crippen molar-refractivity contribution in [1.29, 1.82) is 0 Å². The van der Waals surface area contributed by atoms with Crippen LogP contribution in [0, 0.1) is 12.8 Å². The van der Waals surface area contributed by atoms with E-state index in [9.17, 15) is 4.79 Å². The van der Waals surface area contributed by atoms with Crippen molar-refractivity contribution in [3.8, 4) is 11.1 Å². The van der Waals surface area contributed by atoms with Gasteiger partial charge in [0, 0.05) is 30.5 Å². The Morgan fingerprint density at radius 2 is 1.82 bits per heavy atom. The predicted octanol–water partition coefficient (Wildman–Crippen LogP) is 3.43. The third-order valence-corrected chi connectivity index (χ3v) is 3.31. The summed E-state index contributed by atoms with van der Waals surface area (Å²) in [4.78, 5) is 16.0. The van der Waals surface area contributed by atoms with Crippen LogP contribution in [-0.4, -0.2) is 17.4 Å². The number of aromatic nitrogens is 1. The van der Waals surface area contributed by atoms with Crippen LogP contribution in [0.1, 0.15) is 12.5 Å². The van der Waals surface area contributed by atoms with Crippen molar-refractivity contribution < 1.29 is 4.79 Å². The van der Waals surface area contributed by atoms with Gasteiger partial charge in [-0.3, -0.25) is 9.78 Å². The number of carbonyl (C=O) groups excluding carboxylic acids is 1. The van der Waals surface area contributed by atoms with Gasteiger partial charge in [-0.05, 0) is 41.8 Å². The van der Waals surface area contributed by atoms with Crippen molar-refractivity contribution >= 4 is 36.4 Å². The molecule has 1 aromatic carbocycles. The number of nitrogens with one attached hydrogen (secondary N) is 1. The topological polar surface area (TPSA) is 68.0 Å². The molecule has 1 aromatic heterocycles. The summed E-state index contributed by atoms with van der Waals surface area (Å²) in [7, 11) is 0. The zero-order valence-corrected chi connectivity index (χ0v) is 14.2. The number of halogens is 2. The maximum absolute atomic E-state index is 11.9. The third-order valence-electron chi connectivity index (χ3n) is 3.31. The van der Waals surface area contributed by atoms with Gasteiger partial charge in [0.2, 0.25) is 5.91 Å². The Labute approximate surface area is 143 Å². The molecular weight excluding hydrogens is 321 g/mol. The number of nitrogens with zero attached hydrogens (tertiary/aromatic N) is 1. The van der Waals surface area contributed by atoms with E-state index in [1.54, 1.807) is 12.4 Å². The quantitative estimate of drug-likeness (QED) is 0.894. The van der Waals surface area contributed by atoms with E-state index in [0.717, 1.165) is 22.4 Å². The smallest absolute Gasteiger partial charge is 0.228 e. The lowest BCUT2D eigenvalue weighted by atomic mass is 10.0. The van der Waals surface area contributed by atoms with E-state index in [4.69, 9.17) is 5.73 Å². The molecule has 2 rings (SSSR count). The molecule has 1 unspecified atom stereocenters. The van der Waals surface area contributed by atoms with Crippen molar-refractivity contribution in [3.05, 3.63) is 48.3 Å². The van der Waals surface area contributed by atoms with Gasteiger partial charge in [0.15, 0.2) is 0 Å². The minimum Gasteiger partial charge on any atom is -0.330 e. The number of aryl methyl sites for hydroxylation is 1. The minimum atomic E-state index is -0.195. The number of amides is 1. The molecule has 0 saturated heterocycles. The molecule has 1 amide bonds. The maximum Gasteiger partial charge on any atom is 0.228 e. The van der Waals surface area contributed by atoms with Gasteiger partial charge in [-0.2, -0.15) is 0 Å². The number of rotatable bonds is 4. The van der Waals surface area contributed by atoms with Crippen molar-refractivity contribution in [2.24, 2.45) is 11.7 Å². The zero-order valence-electron chi connectivity index (χ0n) is 12.6. The first-order valence-electron chi connectivity index (χ1n) is 6.64. The molecular formula is C16H21Cl2N3O. The van der Waals surface area contributed by atoms with Crippen LogP contribution < -0.4 is 11.1 Å². The molecule has 1 atom stereocenters. The van der Waals surface area contributed by atoms with Gasteiger partial charge in [0.1, 0.15) is 0 Å². The van der Waals surface area contributed by atoms with Gasteiger partial charge in [-0.1, -0.05) is 19.1 Å². The first-order chi connectivity index (χ1) is 9.61. The number of nitrogens with two attached hydrogens (primary N) is 1. The molecule has 0 spiro atoms. The molecule has 0 fully saturated rings. The Bertz CT molecular complexity index is 606. The summed E-state index contributed by atoms with van der Waals surface area (Å²) in [5.74, 6) is -0.249. The lowest BCUT2D eigenvalue weighted by molar-refractivity contribution is -0.119. The van der Waals surface area contributed by atoms with E-state index < -0.39 is 0 Å². The standard InChI is InChI=1S/C16H19N3O.2ClH/c1-11-3-4-14(13-5-7-18-8-6-13)9-15(11)19-16(20)12(2)10-17;;/h3-9,12H,10,17H2,1-2H3,(H,19,20);2*1H. The SMILES string of the molecule is Cc1ccc(-c2ccncc2)cc1NC(=O)C(C)CN.Cl.Cl. The van der Waals surface area contributed by atoms with Crippen LogP contribution in [0.4, 0.5) is 5.69 Å². The molecule has 0 aliphatic heterocycles. The van der Waals surface area contributed by atoms with Gasteiger partial charge >= 0.3 is 0 Å². The number of carbonyl (C=O) groups is 1. The minimum absolute atomic E-state index is 0. The molecule has 0 saturated carbocycles. The first kappa shape index (κ1) is 20.4. The fourth-order valence-electron chi connectivity index (χ4n) is 1.84. The van der Waals surface area contributed by atoms with Gasteiger partial charge in [-0.25, -0.2) is 0 Å². The van der Waals surface area contributed by atoms with Crippen molar-refractivity contribution in [2.45, 2.75) is 13.8 Å². The fourth-order valence-corrected chi connectivity index (χ4v) is 1.84. The molecule has 4 nitrogen and oxygen atoms in total. The lowest BCUT2D eigenvalue weighted by Gasteiger charge is -2.13. The Morgan fingerprint density at radius 1 is 1.18 bits per heavy atom. The van der Waals surface area contributed by atoms with Crippen LogP contribution >= 0.6 is 24.8 Å². The largest absolute Gasteiger partial charge is 0.330 e. The summed E-state index contributed by atoms with van der Waals surface area (Å²) in [5.41, 5.74) is 9.49. The highest BCUT2D eigenvalue weighted by atomic mass is 35.5. The summed E-state index contributed by atoms with van der Waals surface area (Å²) in [6.07, 6.45) is 3.51. The van der Waals surface area contributed by atoms with Crippen LogP contribution in [0.15, 0.2) is 42.7 Å². The van der Waals surface area contributed by atoms with Crippen LogP contribution in [0.25, 0.3) is 11.1 Å². The van der Waals surface area contributed by atoms with Crippen molar-refractivity contribution in [3.63, 3.8) is 0 Å². The van der Waals surface area contributed by atoms with E-state index in [-0.39, 0.29) is 36.6 Å². The number of pyridine rings is 1. The van der Waals surface area contributed by atoms with E-state index >= 15 is 0 Å². The van der Waals surface area contributed by atoms with E-state index in [0.29, 0.717) is 6.54 Å². The molecule has 0 bridgehead atoms. The van der Waals surface area contributed by atoms with Crippen molar-refractivity contribution in [1.82, 2.24) is 4.98 Å². The number of benzene rings is 1. The van der Waals surface area contributed by atoms with Crippen molar-refractivity contribution in [2.75, 3.05) is 11.9 Å². The number of hydrogen-bond donors (Lipinski definition) is 2. The second kappa shape index (κ2) is 9.41. The van der Waals surface area contributed by atoms with Crippen LogP contribution in [0.5, 0.6) is 0 Å². The Balaban J connectivity index is 0.00000220. The Kier molecular flexibility index (Phi) is 8.72. The summed E-state index contributed by atoms with van der Waals surface area (Å²) in [6.45, 7) is 4.13. The Hall–Kier alpha value is -1.62. The second-order valence-corrected chi connectivity index (χ2v) is 4.89. The third kappa shape index (κ3) is 4.98. The molecule has 22 heavy (non-hydrogen) atoms. The molecule has 6 heteroatoms.